The lowest BCUT2D eigenvalue weighted by Gasteiger charge is -2.33. The molecule has 136 valence electrons. The quantitative estimate of drug-likeness (QED) is 0.807. The Bertz CT molecular complexity index is 607. The van der Waals surface area contributed by atoms with Gasteiger partial charge in [0, 0.05) is 38.1 Å². The molecule has 3 rings (SSSR count). The molecule has 1 N–H and O–H groups in total. The third-order valence-electron chi connectivity index (χ3n) is 5.49. The fraction of sp³-hybridized carbons (Fsp3) is 0.579. The Morgan fingerprint density at radius 3 is 2.80 bits per heavy atom. The second-order valence-corrected chi connectivity index (χ2v) is 6.94. The highest BCUT2D eigenvalue weighted by Gasteiger charge is 2.44. The Kier molecular flexibility index (Phi) is 5.71. The van der Waals surface area contributed by atoms with E-state index < -0.39 is 0 Å². The molecule has 1 amide bonds. The molecule has 6 nitrogen and oxygen atoms in total. The third-order valence-corrected chi connectivity index (χ3v) is 5.49. The summed E-state index contributed by atoms with van der Waals surface area (Å²) in [5.41, 5.74) is 1.23. The number of nitrogens with zero attached hydrogens (tertiary/aromatic N) is 2. The fourth-order valence-electron chi connectivity index (χ4n) is 4.03. The van der Waals surface area contributed by atoms with Gasteiger partial charge in [-0.25, -0.2) is 0 Å². The van der Waals surface area contributed by atoms with Crippen LogP contribution in [-0.2, 0) is 20.9 Å². The highest BCUT2D eigenvalue weighted by molar-refractivity contribution is 5.83. The van der Waals surface area contributed by atoms with E-state index in [-0.39, 0.29) is 30.0 Å². The molecular weight excluding hydrogens is 318 g/mol. The number of fused-ring (bicyclic) bond motifs is 1. The summed E-state index contributed by atoms with van der Waals surface area (Å²) < 4.78 is 4.75. The van der Waals surface area contributed by atoms with E-state index in [9.17, 15) is 9.59 Å². The summed E-state index contributed by atoms with van der Waals surface area (Å²) >= 11 is 0. The molecule has 2 aliphatic heterocycles. The van der Waals surface area contributed by atoms with Crippen molar-refractivity contribution in [2.45, 2.75) is 43.9 Å². The van der Waals surface area contributed by atoms with E-state index in [2.05, 4.69) is 34.3 Å². The molecule has 2 aliphatic rings. The number of likely N-dealkylation sites (tertiary alicyclic amines) is 1. The lowest BCUT2D eigenvalue weighted by Crippen LogP contribution is -2.49. The van der Waals surface area contributed by atoms with Crippen LogP contribution in [-0.4, -0.2) is 67.0 Å². The number of benzene rings is 1. The topological polar surface area (TPSA) is 61.9 Å². The van der Waals surface area contributed by atoms with Crippen molar-refractivity contribution in [2.75, 3.05) is 27.2 Å². The number of nitrogens with one attached hydrogen (secondary N) is 1. The molecule has 0 unspecified atom stereocenters. The number of rotatable bonds is 5. The van der Waals surface area contributed by atoms with Gasteiger partial charge >= 0.3 is 5.97 Å². The SMILES string of the molecule is COC(=O)CC[C@H]1CNC(=O)[C@@H]2[C@@H](CCN2Cc2ccccc2)N1C. The van der Waals surface area contributed by atoms with E-state index in [4.69, 9.17) is 4.74 Å². The van der Waals surface area contributed by atoms with Crippen LogP contribution in [0.4, 0.5) is 0 Å². The van der Waals surface area contributed by atoms with Gasteiger partial charge in [0.15, 0.2) is 0 Å². The van der Waals surface area contributed by atoms with Crippen molar-refractivity contribution < 1.29 is 14.3 Å². The molecule has 2 fully saturated rings. The molecule has 1 aromatic carbocycles. The van der Waals surface area contributed by atoms with Gasteiger partial charge in [-0.3, -0.25) is 19.4 Å². The lowest BCUT2D eigenvalue weighted by atomic mass is 10.0. The van der Waals surface area contributed by atoms with Gasteiger partial charge in [-0.05, 0) is 25.5 Å². The predicted octanol–water partition coefficient (Wildman–Crippen LogP) is 1.01. The van der Waals surface area contributed by atoms with Crippen molar-refractivity contribution in [1.29, 1.82) is 0 Å². The number of ether oxygens (including phenoxy) is 1. The number of esters is 1. The van der Waals surface area contributed by atoms with Gasteiger partial charge in [0.1, 0.15) is 6.04 Å². The van der Waals surface area contributed by atoms with Crippen LogP contribution in [0.25, 0.3) is 0 Å². The standard InChI is InChI=1S/C19H27N3O3/c1-21-15(8-9-17(23)25-2)12-20-19(24)18-16(21)10-11-22(18)13-14-6-4-3-5-7-14/h3-7,15-16,18H,8-13H2,1-2H3,(H,20,24)/t15-,16+,18-/m0/s1. The Balaban J connectivity index is 1.69. The van der Waals surface area contributed by atoms with E-state index >= 15 is 0 Å². The van der Waals surface area contributed by atoms with Gasteiger partial charge in [0.25, 0.3) is 0 Å². The largest absolute Gasteiger partial charge is 0.469 e. The van der Waals surface area contributed by atoms with Crippen LogP contribution in [0.1, 0.15) is 24.8 Å². The minimum Gasteiger partial charge on any atom is -0.469 e. The van der Waals surface area contributed by atoms with Crippen molar-refractivity contribution in [3.8, 4) is 0 Å². The van der Waals surface area contributed by atoms with Gasteiger partial charge in [-0.15, -0.1) is 0 Å². The highest BCUT2D eigenvalue weighted by Crippen LogP contribution is 2.28. The molecule has 6 heteroatoms. The molecule has 0 aromatic heterocycles. The predicted molar refractivity (Wildman–Crippen MR) is 94.9 cm³/mol. The number of methoxy groups -OCH3 is 1. The van der Waals surface area contributed by atoms with Gasteiger partial charge in [-0.2, -0.15) is 0 Å². The van der Waals surface area contributed by atoms with Crippen molar-refractivity contribution in [2.24, 2.45) is 0 Å². The molecule has 0 bridgehead atoms. The molecule has 3 atom stereocenters. The van der Waals surface area contributed by atoms with Gasteiger partial charge < -0.3 is 10.1 Å². The fourth-order valence-corrected chi connectivity index (χ4v) is 4.03. The first-order valence-corrected chi connectivity index (χ1v) is 8.94. The van der Waals surface area contributed by atoms with Crippen LogP contribution in [0, 0.1) is 0 Å². The number of hydrogen-bond acceptors (Lipinski definition) is 5. The number of carbonyl (C=O) groups excluding carboxylic acids is 2. The number of hydrogen-bond donors (Lipinski definition) is 1. The Morgan fingerprint density at radius 1 is 1.32 bits per heavy atom. The molecule has 0 aliphatic carbocycles. The maximum absolute atomic E-state index is 12.7. The second kappa shape index (κ2) is 7.97. The molecule has 25 heavy (non-hydrogen) atoms. The summed E-state index contributed by atoms with van der Waals surface area (Å²) in [7, 11) is 3.49. The van der Waals surface area contributed by atoms with E-state index in [0.29, 0.717) is 19.4 Å². The van der Waals surface area contributed by atoms with Gasteiger partial charge in [-0.1, -0.05) is 30.3 Å². The lowest BCUT2D eigenvalue weighted by molar-refractivity contribution is -0.141. The summed E-state index contributed by atoms with van der Waals surface area (Å²) in [4.78, 5) is 28.7. The van der Waals surface area contributed by atoms with Crippen molar-refractivity contribution in [3.63, 3.8) is 0 Å². The number of amides is 1. The summed E-state index contributed by atoms with van der Waals surface area (Å²) in [5.74, 6) is -0.0940. The average Bonchev–Trinajstić information content (AvgIpc) is 3.00. The average molecular weight is 345 g/mol. The summed E-state index contributed by atoms with van der Waals surface area (Å²) in [5, 5.41) is 3.08. The summed E-state index contributed by atoms with van der Waals surface area (Å²) in [6.45, 7) is 2.28. The van der Waals surface area contributed by atoms with Crippen molar-refractivity contribution in [3.05, 3.63) is 35.9 Å². The van der Waals surface area contributed by atoms with Crippen LogP contribution in [0.15, 0.2) is 30.3 Å². The van der Waals surface area contributed by atoms with Crippen LogP contribution in [0.3, 0.4) is 0 Å². The normalized spacial score (nSPS) is 27.4. The Hall–Kier alpha value is -1.92. The Morgan fingerprint density at radius 2 is 2.08 bits per heavy atom. The first kappa shape index (κ1) is 17.9. The first-order chi connectivity index (χ1) is 12.1. The first-order valence-electron chi connectivity index (χ1n) is 8.94. The van der Waals surface area contributed by atoms with E-state index in [0.717, 1.165) is 19.5 Å². The number of carbonyl (C=O) groups is 2. The van der Waals surface area contributed by atoms with Gasteiger partial charge in [0.2, 0.25) is 5.91 Å². The molecule has 2 heterocycles. The monoisotopic (exact) mass is 345 g/mol. The van der Waals surface area contributed by atoms with E-state index in [1.807, 2.05) is 18.2 Å². The zero-order valence-corrected chi connectivity index (χ0v) is 15.0. The van der Waals surface area contributed by atoms with E-state index in [1.54, 1.807) is 0 Å². The molecule has 0 radical (unpaired) electrons. The molecule has 1 aromatic rings. The molecule has 0 spiro atoms. The minimum absolute atomic E-state index is 0.103. The maximum atomic E-state index is 12.7. The zero-order valence-electron chi connectivity index (χ0n) is 15.0. The summed E-state index contributed by atoms with van der Waals surface area (Å²) in [6, 6.07) is 10.5. The molecule has 2 saturated heterocycles. The minimum atomic E-state index is -0.197. The van der Waals surface area contributed by atoms with Crippen LogP contribution < -0.4 is 5.32 Å². The number of likely N-dealkylation sites (N-methyl/N-ethyl adjacent to an activating group) is 1. The van der Waals surface area contributed by atoms with Crippen LogP contribution in [0.2, 0.25) is 0 Å². The zero-order chi connectivity index (χ0) is 17.8. The second-order valence-electron chi connectivity index (χ2n) is 6.94. The van der Waals surface area contributed by atoms with Crippen molar-refractivity contribution >= 4 is 11.9 Å². The smallest absolute Gasteiger partial charge is 0.305 e. The molecular formula is C19H27N3O3. The highest BCUT2D eigenvalue weighted by atomic mass is 16.5. The van der Waals surface area contributed by atoms with Gasteiger partial charge in [0.05, 0.1) is 7.11 Å². The Labute approximate surface area is 149 Å². The third kappa shape index (κ3) is 4.02. The van der Waals surface area contributed by atoms with Crippen LogP contribution in [0.5, 0.6) is 0 Å². The van der Waals surface area contributed by atoms with E-state index in [1.165, 1.54) is 12.7 Å². The van der Waals surface area contributed by atoms with Crippen LogP contribution >= 0.6 is 0 Å². The summed E-state index contributed by atoms with van der Waals surface area (Å²) in [6.07, 6.45) is 2.05. The van der Waals surface area contributed by atoms with Crippen molar-refractivity contribution in [1.82, 2.24) is 15.1 Å². The molecule has 0 saturated carbocycles. The maximum Gasteiger partial charge on any atom is 0.305 e.